The molecule has 1 aliphatic carbocycles. The number of halogens is 2. The van der Waals surface area contributed by atoms with E-state index in [0.29, 0.717) is 19.3 Å². The Morgan fingerprint density at radius 3 is 2.50 bits per heavy atom. The second-order valence-electron chi connectivity index (χ2n) is 4.36. The monoisotopic (exact) mass is 315 g/mol. The van der Waals surface area contributed by atoms with Crippen LogP contribution in [-0.4, -0.2) is 43.4 Å². The average Bonchev–Trinajstić information content (AvgIpc) is 2.36. The molecule has 2 atom stereocenters. The largest absolute Gasteiger partial charge is 0.743 e. The van der Waals surface area contributed by atoms with Gasteiger partial charge >= 0.3 is 11.2 Å². The van der Waals surface area contributed by atoms with Crippen LogP contribution in [0.2, 0.25) is 0 Å². The van der Waals surface area contributed by atoms with Crippen molar-refractivity contribution in [2.45, 2.75) is 37.0 Å². The summed E-state index contributed by atoms with van der Waals surface area (Å²) in [5.74, 6) is -2.04. The molecule has 0 amide bonds. The van der Waals surface area contributed by atoms with E-state index in [9.17, 15) is 31.3 Å². The van der Waals surface area contributed by atoms with Gasteiger partial charge in [-0.2, -0.15) is 8.78 Å². The van der Waals surface area contributed by atoms with Crippen LogP contribution in [0.3, 0.4) is 0 Å². The Morgan fingerprint density at radius 1 is 1.35 bits per heavy atom. The molecule has 1 fully saturated rings. The number of hydrogen-bond acceptors (Lipinski definition) is 7. The molecule has 1 saturated carbocycles. The van der Waals surface area contributed by atoms with Gasteiger partial charge in [-0.3, -0.25) is 9.59 Å². The molecule has 1 aliphatic rings. The summed E-state index contributed by atoms with van der Waals surface area (Å²) in [6.45, 7) is -1.70. The molecule has 0 bridgehead atoms. The zero-order chi connectivity index (χ0) is 15.4. The van der Waals surface area contributed by atoms with Gasteiger partial charge in [-0.1, -0.05) is 6.42 Å². The third-order valence-electron chi connectivity index (χ3n) is 2.98. The molecule has 0 heterocycles. The number of alkyl halides is 2. The third-order valence-corrected chi connectivity index (χ3v) is 3.83. The lowest BCUT2D eigenvalue weighted by atomic mass is 9.86. The second kappa shape index (κ2) is 6.44. The summed E-state index contributed by atoms with van der Waals surface area (Å²) in [7, 11) is -5.90. The van der Waals surface area contributed by atoms with Crippen LogP contribution in [0, 0.1) is 5.92 Å². The quantitative estimate of drug-likeness (QED) is 0.396. The minimum atomic E-state index is -5.90. The first kappa shape index (κ1) is 16.8. The molecule has 0 aromatic carbocycles. The maximum Gasteiger partial charge on any atom is 0.367 e. The summed E-state index contributed by atoms with van der Waals surface area (Å²) in [5, 5.41) is -4.68. The highest BCUT2D eigenvalue weighted by Gasteiger charge is 2.41. The number of hydrogen-bond donors (Lipinski definition) is 0. The number of carbonyl (C=O) groups excluding carboxylic acids is 2. The zero-order valence-corrected chi connectivity index (χ0v) is 11.1. The Kier molecular flexibility index (Phi) is 5.40. The molecule has 0 saturated heterocycles. The Hall–Kier alpha value is -1.29. The Balaban J connectivity index is 2.63. The van der Waals surface area contributed by atoms with Crippen molar-refractivity contribution in [3.05, 3.63) is 0 Å². The van der Waals surface area contributed by atoms with Gasteiger partial charge in [0.25, 0.3) is 6.47 Å². The van der Waals surface area contributed by atoms with Crippen LogP contribution in [0.25, 0.3) is 0 Å². The molecule has 0 aromatic rings. The molecule has 0 aromatic heterocycles. The van der Waals surface area contributed by atoms with Crippen LogP contribution in [0.4, 0.5) is 8.78 Å². The molecule has 10 heteroatoms. The molecule has 2 unspecified atom stereocenters. The van der Waals surface area contributed by atoms with Gasteiger partial charge in [0.2, 0.25) is 0 Å². The maximum atomic E-state index is 12.8. The van der Waals surface area contributed by atoms with E-state index in [1.54, 1.807) is 0 Å². The van der Waals surface area contributed by atoms with E-state index in [2.05, 4.69) is 9.47 Å². The minimum absolute atomic E-state index is 0.146. The lowest BCUT2D eigenvalue weighted by Gasteiger charge is -2.29. The number of carbonyl (C=O) groups is 2. The van der Waals surface area contributed by atoms with Crippen molar-refractivity contribution in [2.75, 3.05) is 6.61 Å². The molecule has 0 radical (unpaired) electrons. The molecule has 0 aliphatic heterocycles. The molecular formula is C10H13F2O7S-. The first-order chi connectivity index (χ1) is 9.19. The fourth-order valence-corrected chi connectivity index (χ4v) is 2.14. The van der Waals surface area contributed by atoms with E-state index in [0.717, 1.165) is 0 Å². The highest BCUT2D eigenvalue weighted by atomic mass is 32.2. The van der Waals surface area contributed by atoms with Crippen molar-refractivity contribution in [1.82, 2.24) is 0 Å². The number of esters is 1. The van der Waals surface area contributed by atoms with Crippen LogP contribution in [-0.2, 0) is 29.2 Å². The summed E-state index contributed by atoms with van der Waals surface area (Å²) in [4.78, 5) is 21.9. The smallest absolute Gasteiger partial charge is 0.367 e. The van der Waals surface area contributed by atoms with E-state index < -0.39 is 40.0 Å². The summed E-state index contributed by atoms with van der Waals surface area (Å²) in [6.07, 6.45) is 1.19. The maximum absolute atomic E-state index is 12.8. The van der Waals surface area contributed by atoms with Crippen LogP contribution in [0.1, 0.15) is 25.7 Å². The van der Waals surface area contributed by atoms with Crippen molar-refractivity contribution < 1.29 is 40.8 Å². The normalized spacial score (nSPS) is 23.9. The van der Waals surface area contributed by atoms with Gasteiger partial charge in [0, 0.05) is 0 Å². The molecule has 116 valence electrons. The zero-order valence-electron chi connectivity index (χ0n) is 10.3. The van der Waals surface area contributed by atoms with Gasteiger partial charge in [0.1, 0.15) is 6.10 Å². The highest BCUT2D eigenvalue weighted by molar-refractivity contribution is 7.86. The fraction of sp³-hybridized carbons (Fsp3) is 0.800. The van der Waals surface area contributed by atoms with Gasteiger partial charge in [0.05, 0.1) is 5.92 Å². The van der Waals surface area contributed by atoms with E-state index >= 15 is 0 Å². The Bertz CT molecular complexity index is 462. The standard InChI is InChI=1S/C10H14F2O7S/c11-10(12,20(15,16)17)5-18-9(14)7-3-1-2-4-8(7)19-6-13/h6-8H,1-5H2,(H,15,16,17)/p-1. The van der Waals surface area contributed by atoms with Crippen molar-refractivity contribution in [2.24, 2.45) is 5.92 Å². The lowest BCUT2D eigenvalue weighted by Crippen LogP contribution is -2.39. The van der Waals surface area contributed by atoms with Gasteiger partial charge in [-0.05, 0) is 19.3 Å². The number of rotatable bonds is 6. The van der Waals surface area contributed by atoms with Gasteiger partial charge in [0.15, 0.2) is 16.7 Å². The fourth-order valence-electron chi connectivity index (χ4n) is 1.94. The molecule has 1 rings (SSSR count). The number of ether oxygens (including phenoxy) is 2. The van der Waals surface area contributed by atoms with Crippen LogP contribution < -0.4 is 0 Å². The molecule has 20 heavy (non-hydrogen) atoms. The van der Waals surface area contributed by atoms with E-state index in [1.165, 1.54) is 0 Å². The first-order valence-corrected chi connectivity index (χ1v) is 7.19. The Labute approximate surface area is 114 Å². The summed E-state index contributed by atoms with van der Waals surface area (Å²) >= 11 is 0. The topological polar surface area (TPSA) is 110 Å². The molecular weight excluding hydrogens is 302 g/mol. The van der Waals surface area contributed by atoms with Crippen molar-refractivity contribution in [3.8, 4) is 0 Å². The third kappa shape index (κ3) is 4.10. The summed E-state index contributed by atoms with van der Waals surface area (Å²) in [6, 6.07) is 0. The summed E-state index contributed by atoms with van der Waals surface area (Å²) in [5.41, 5.74) is 0. The Morgan fingerprint density at radius 2 is 1.95 bits per heavy atom. The highest BCUT2D eigenvalue weighted by Crippen LogP contribution is 2.28. The predicted molar refractivity (Wildman–Crippen MR) is 58.5 cm³/mol. The van der Waals surface area contributed by atoms with E-state index in [1.807, 2.05) is 0 Å². The SMILES string of the molecule is O=COC1CCCCC1C(=O)OCC(F)(F)S(=O)(=O)[O-]. The minimum Gasteiger partial charge on any atom is -0.743 e. The van der Waals surface area contributed by atoms with Gasteiger partial charge in [-0.25, -0.2) is 8.42 Å². The van der Waals surface area contributed by atoms with E-state index in [4.69, 9.17) is 0 Å². The molecule has 0 N–H and O–H groups in total. The van der Waals surface area contributed by atoms with Crippen LogP contribution in [0.5, 0.6) is 0 Å². The van der Waals surface area contributed by atoms with Crippen LogP contribution in [0.15, 0.2) is 0 Å². The van der Waals surface area contributed by atoms with Crippen molar-refractivity contribution >= 4 is 22.6 Å². The lowest BCUT2D eigenvalue weighted by molar-refractivity contribution is -0.163. The van der Waals surface area contributed by atoms with Crippen molar-refractivity contribution in [1.29, 1.82) is 0 Å². The molecule has 0 spiro atoms. The summed E-state index contributed by atoms with van der Waals surface area (Å²) < 4.78 is 65.3. The van der Waals surface area contributed by atoms with E-state index in [-0.39, 0.29) is 12.9 Å². The van der Waals surface area contributed by atoms with Gasteiger partial charge < -0.3 is 14.0 Å². The molecule has 7 nitrogen and oxygen atoms in total. The predicted octanol–water partition coefficient (Wildman–Crippen LogP) is 0.399. The van der Waals surface area contributed by atoms with Crippen molar-refractivity contribution in [3.63, 3.8) is 0 Å². The van der Waals surface area contributed by atoms with Crippen LogP contribution >= 0.6 is 0 Å². The second-order valence-corrected chi connectivity index (χ2v) is 5.87. The average molecular weight is 315 g/mol. The first-order valence-electron chi connectivity index (χ1n) is 5.78. The van der Waals surface area contributed by atoms with Gasteiger partial charge in [-0.15, -0.1) is 0 Å².